The van der Waals surface area contributed by atoms with Gasteiger partial charge in [-0.3, -0.25) is 4.90 Å². The second-order valence-corrected chi connectivity index (χ2v) is 4.84. The first-order valence-electron chi connectivity index (χ1n) is 6.47. The Hall–Kier alpha value is -0.970. The van der Waals surface area contributed by atoms with Crippen molar-refractivity contribution < 1.29 is 9.13 Å². The molecule has 18 heavy (non-hydrogen) atoms. The monoisotopic (exact) mass is 252 g/mol. The molecule has 0 aliphatic carbocycles. The standard InChI is InChI=1S/C14H21FN2O/c1-3-17-6-7-18-13(9-17)14(16)11-5-4-10(2)12(15)8-11/h4-5,8,13-14H,3,6-7,9,16H2,1-2H3. The van der Waals surface area contributed by atoms with Crippen molar-refractivity contribution in [2.45, 2.75) is 26.0 Å². The van der Waals surface area contributed by atoms with Crippen LogP contribution in [0.2, 0.25) is 0 Å². The van der Waals surface area contributed by atoms with Crippen LogP contribution in [-0.2, 0) is 4.74 Å². The maximum absolute atomic E-state index is 13.5. The van der Waals surface area contributed by atoms with Crippen LogP contribution in [0.1, 0.15) is 24.1 Å². The minimum absolute atomic E-state index is 0.0548. The van der Waals surface area contributed by atoms with Gasteiger partial charge in [0.25, 0.3) is 0 Å². The van der Waals surface area contributed by atoms with Crippen molar-refractivity contribution in [3.8, 4) is 0 Å². The molecule has 4 heteroatoms. The lowest BCUT2D eigenvalue weighted by atomic mass is 9.99. The summed E-state index contributed by atoms with van der Waals surface area (Å²) in [7, 11) is 0. The molecule has 0 amide bonds. The summed E-state index contributed by atoms with van der Waals surface area (Å²) in [6.07, 6.45) is -0.0548. The molecule has 1 aliphatic heterocycles. The number of rotatable bonds is 3. The number of benzene rings is 1. The Morgan fingerprint density at radius 2 is 2.33 bits per heavy atom. The van der Waals surface area contributed by atoms with Crippen LogP contribution in [-0.4, -0.2) is 37.2 Å². The second-order valence-electron chi connectivity index (χ2n) is 4.84. The zero-order chi connectivity index (χ0) is 13.1. The zero-order valence-corrected chi connectivity index (χ0v) is 11.0. The Kier molecular flexibility index (Phi) is 4.32. The minimum atomic E-state index is -0.269. The molecule has 0 saturated carbocycles. The van der Waals surface area contributed by atoms with Crippen molar-refractivity contribution in [3.63, 3.8) is 0 Å². The summed E-state index contributed by atoms with van der Waals surface area (Å²) in [5, 5.41) is 0. The summed E-state index contributed by atoms with van der Waals surface area (Å²) in [6.45, 7) is 7.32. The third-order valence-electron chi connectivity index (χ3n) is 3.61. The molecule has 1 aromatic rings. The Morgan fingerprint density at radius 3 is 3.00 bits per heavy atom. The number of nitrogens with zero attached hydrogens (tertiary/aromatic N) is 1. The third-order valence-corrected chi connectivity index (χ3v) is 3.61. The maximum Gasteiger partial charge on any atom is 0.126 e. The highest BCUT2D eigenvalue weighted by Crippen LogP contribution is 2.22. The highest BCUT2D eigenvalue weighted by Gasteiger charge is 2.26. The van der Waals surface area contributed by atoms with E-state index in [1.807, 2.05) is 6.07 Å². The molecule has 1 aromatic carbocycles. The summed E-state index contributed by atoms with van der Waals surface area (Å²) < 4.78 is 19.3. The third kappa shape index (κ3) is 2.88. The van der Waals surface area contributed by atoms with Crippen LogP contribution in [0.3, 0.4) is 0 Å². The summed E-state index contributed by atoms with van der Waals surface area (Å²) in [5.41, 5.74) is 7.64. The number of morpholine rings is 1. The molecular formula is C14H21FN2O. The first kappa shape index (κ1) is 13.5. The van der Waals surface area contributed by atoms with E-state index in [0.29, 0.717) is 12.2 Å². The van der Waals surface area contributed by atoms with Crippen molar-refractivity contribution in [1.29, 1.82) is 0 Å². The number of halogens is 1. The van der Waals surface area contributed by atoms with E-state index in [1.54, 1.807) is 13.0 Å². The second kappa shape index (κ2) is 5.78. The number of nitrogens with two attached hydrogens (primary N) is 1. The van der Waals surface area contributed by atoms with Crippen molar-refractivity contribution in [2.75, 3.05) is 26.2 Å². The van der Waals surface area contributed by atoms with Gasteiger partial charge in [-0.05, 0) is 30.7 Å². The fourth-order valence-electron chi connectivity index (χ4n) is 2.27. The summed E-state index contributed by atoms with van der Waals surface area (Å²) in [6, 6.07) is 4.91. The highest BCUT2D eigenvalue weighted by molar-refractivity contribution is 5.26. The van der Waals surface area contributed by atoms with Crippen LogP contribution >= 0.6 is 0 Å². The van der Waals surface area contributed by atoms with Gasteiger partial charge in [0.1, 0.15) is 5.82 Å². The van der Waals surface area contributed by atoms with Gasteiger partial charge in [-0.1, -0.05) is 19.1 Å². The number of ether oxygens (including phenoxy) is 1. The van der Waals surface area contributed by atoms with Crippen molar-refractivity contribution in [1.82, 2.24) is 4.90 Å². The molecule has 0 bridgehead atoms. The van der Waals surface area contributed by atoms with Crippen LogP contribution in [0, 0.1) is 12.7 Å². The Bertz CT molecular complexity index is 411. The Morgan fingerprint density at radius 1 is 1.56 bits per heavy atom. The van der Waals surface area contributed by atoms with E-state index in [-0.39, 0.29) is 18.0 Å². The maximum atomic E-state index is 13.5. The number of hydrogen-bond donors (Lipinski definition) is 1. The lowest BCUT2D eigenvalue weighted by Crippen LogP contribution is -2.46. The largest absolute Gasteiger partial charge is 0.374 e. The molecule has 100 valence electrons. The van der Waals surface area contributed by atoms with E-state index < -0.39 is 0 Å². The molecule has 2 rings (SSSR count). The first-order chi connectivity index (χ1) is 8.61. The molecule has 0 radical (unpaired) electrons. The molecule has 0 aromatic heterocycles. The quantitative estimate of drug-likeness (QED) is 0.892. The number of aryl methyl sites for hydroxylation is 1. The molecule has 1 fully saturated rings. The molecule has 1 aliphatic rings. The highest BCUT2D eigenvalue weighted by atomic mass is 19.1. The fourth-order valence-corrected chi connectivity index (χ4v) is 2.27. The predicted octanol–water partition coefficient (Wildman–Crippen LogP) is 1.85. The van der Waals surface area contributed by atoms with Crippen LogP contribution in [0.25, 0.3) is 0 Å². The van der Waals surface area contributed by atoms with Gasteiger partial charge in [0.2, 0.25) is 0 Å². The van der Waals surface area contributed by atoms with Gasteiger partial charge >= 0.3 is 0 Å². The molecule has 3 nitrogen and oxygen atoms in total. The molecular weight excluding hydrogens is 231 g/mol. The molecule has 1 saturated heterocycles. The average Bonchev–Trinajstić information content (AvgIpc) is 2.41. The minimum Gasteiger partial charge on any atom is -0.374 e. The van der Waals surface area contributed by atoms with E-state index >= 15 is 0 Å². The van der Waals surface area contributed by atoms with Crippen molar-refractivity contribution in [3.05, 3.63) is 35.1 Å². The van der Waals surface area contributed by atoms with E-state index in [4.69, 9.17) is 10.5 Å². The first-order valence-corrected chi connectivity index (χ1v) is 6.47. The van der Waals surface area contributed by atoms with E-state index in [0.717, 1.165) is 25.2 Å². The molecule has 1 heterocycles. The van der Waals surface area contributed by atoms with Gasteiger partial charge in [-0.2, -0.15) is 0 Å². The van der Waals surface area contributed by atoms with Crippen LogP contribution in [0.15, 0.2) is 18.2 Å². The predicted molar refractivity (Wildman–Crippen MR) is 69.9 cm³/mol. The number of hydrogen-bond acceptors (Lipinski definition) is 3. The molecule has 2 unspecified atom stereocenters. The normalized spacial score (nSPS) is 23.0. The van der Waals surface area contributed by atoms with E-state index in [2.05, 4.69) is 11.8 Å². The van der Waals surface area contributed by atoms with Crippen LogP contribution < -0.4 is 5.73 Å². The molecule has 0 spiro atoms. The van der Waals surface area contributed by atoms with Gasteiger partial charge in [-0.25, -0.2) is 4.39 Å². The summed E-state index contributed by atoms with van der Waals surface area (Å²) >= 11 is 0. The van der Waals surface area contributed by atoms with Gasteiger partial charge in [0, 0.05) is 13.1 Å². The lowest BCUT2D eigenvalue weighted by molar-refractivity contribution is -0.0393. The van der Waals surface area contributed by atoms with Crippen molar-refractivity contribution >= 4 is 0 Å². The zero-order valence-electron chi connectivity index (χ0n) is 11.0. The SMILES string of the molecule is CCN1CCOC(C(N)c2ccc(C)c(F)c2)C1. The van der Waals surface area contributed by atoms with Gasteiger partial charge in [0.15, 0.2) is 0 Å². The van der Waals surface area contributed by atoms with Gasteiger partial charge in [-0.15, -0.1) is 0 Å². The molecule has 2 atom stereocenters. The average molecular weight is 252 g/mol. The molecule has 2 N–H and O–H groups in total. The topological polar surface area (TPSA) is 38.5 Å². The van der Waals surface area contributed by atoms with Gasteiger partial charge < -0.3 is 10.5 Å². The van der Waals surface area contributed by atoms with Crippen LogP contribution in [0.4, 0.5) is 4.39 Å². The van der Waals surface area contributed by atoms with Crippen molar-refractivity contribution in [2.24, 2.45) is 5.73 Å². The Balaban J connectivity index is 2.10. The van der Waals surface area contributed by atoms with Gasteiger partial charge in [0.05, 0.1) is 18.8 Å². The van der Waals surface area contributed by atoms with E-state index in [9.17, 15) is 4.39 Å². The number of likely N-dealkylation sites (N-methyl/N-ethyl adjacent to an activating group) is 1. The lowest BCUT2D eigenvalue weighted by Gasteiger charge is -2.35. The summed E-state index contributed by atoms with van der Waals surface area (Å²) in [5.74, 6) is -0.203. The fraction of sp³-hybridized carbons (Fsp3) is 0.571. The summed E-state index contributed by atoms with van der Waals surface area (Å²) in [4.78, 5) is 2.30. The smallest absolute Gasteiger partial charge is 0.126 e. The van der Waals surface area contributed by atoms with Crippen LogP contribution in [0.5, 0.6) is 0 Å². The Labute approximate surface area is 108 Å². The van der Waals surface area contributed by atoms with E-state index in [1.165, 1.54) is 6.07 Å².